The van der Waals surface area contributed by atoms with Crippen LogP contribution in [0, 0.1) is 0 Å². The van der Waals surface area contributed by atoms with E-state index in [0.29, 0.717) is 29.9 Å². The lowest BCUT2D eigenvalue weighted by Gasteiger charge is -2.15. The molecule has 0 bridgehead atoms. The number of anilines is 1. The van der Waals surface area contributed by atoms with Crippen LogP contribution >= 0.6 is 0 Å². The van der Waals surface area contributed by atoms with Crippen molar-refractivity contribution < 1.29 is 18.7 Å². The Bertz CT molecular complexity index is 1070. The highest BCUT2D eigenvalue weighted by atomic mass is 16.5. The molecule has 1 aliphatic heterocycles. The van der Waals surface area contributed by atoms with Crippen LogP contribution in [0.5, 0.6) is 5.75 Å². The van der Waals surface area contributed by atoms with Gasteiger partial charge in [0.15, 0.2) is 12.4 Å². The molecule has 1 aromatic heterocycles. The summed E-state index contributed by atoms with van der Waals surface area (Å²) in [6, 6.07) is 15.1. The van der Waals surface area contributed by atoms with Crippen LogP contribution in [0.4, 0.5) is 5.69 Å². The summed E-state index contributed by atoms with van der Waals surface area (Å²) in [6.07, 6.45) is 1.43. The van der Waals surface area contributed by atoms with Gasteiger partial charge in [-0.2, -0.15) is 0 Å². The van der Waals surface area contributed by atoms with Crippen molar-refractivity contribution >= 4 is 28.3 Å². The highest BCUT2D eigenvalue weighted by Gasteiger charge is 2.21. The lowest BCUT2D eigenvalue weighted by molar-refractivity contribution is -0.117. The molecule has 0 atom stereocenters. The molecule has 0 radical (unpaired) electrons. The Morgan fingerprint density at radius 2 is 1.81 bits per heavy atom. The van der Waals surface area contributed by atoms with E-state index in [1.165, 1.54) is 6.07 Å². The molecule has 4 rings (SSSR count). The van der Waals surface area contributed by atoms with E-state index in [-0.39, 0.29) is 18.3 Å². The van der Waals surface area contributed by atoms with E-state index < -0.39 is 5.63 Å². The summed E-state index contributed by atoms with van der Waals surface area (Å²) >= 11 is 0. The number of carbonyl (C=O) groups excluding carboxylic acids is 2. The molecule has 2 heterocycles. The minimum absolute atomic E-state index is 0.111. The minimum atomic E-state index is -0.438. The molecule has 0 N–H and O–H groups in total. The second-order valence-electron chi connectivity index (χ2n) is 6.36. The molecule has 1 aliphatic rings. The molecule has 3 aromatic rings. The molecular formula is C21H17NO5. The van der Waals surface area contributed by atoms with Crippen molar-refractivity contribution in [2.45, 2.75) is 12.8 Å². The van der Waals surface area contributed by atoms with Crippen molar-refractivity contribution in [1.82, 2.24) is 0 Å². The minimum Gasteiger partial charge on any atom is -0.485 e. The molecule has 1 amide bonds. The monoisotopic (exact) mass is 363 g/mol. The number of amides is 1. The Balaban J connectivity index is 1.43. The molecule has 1 fully saturated rings. The molecular weight excluding hydrogens is 346 g/mol. The van der Waals surface area contributed by atoms with Gasteiger partial charge in [0.25, 0.3) is 0 Å². The summed E-state index contributed by atoms with van der Waals surface area (Å²) in [5.41, 5.74) is 1.29. The SMILES string of the molecule is O=C(COc1ccc2ccc(=O)oc2c1)c1ccc(N2CCCC2=O)cc1. The average molecular weight is 363 g/mol. The maximum absolute atomic E-state index is 12.4. The quantitative estimate of drug-likeness (QED) is 0.514. The number of Topliss-reactive ketones (excluding diaryl/α,β-unsaturated/α-hetero) is 1. The Hall–Kier alpha value is -3.41. The molecule has 2 aromatic carbocycles. The first-order valence-electron chi connectivity index (χ1n) is 8.70. The molecule has 0 spiro atoms. The molecule has 27 heavy (non-hydrogen) atoms. The van der Waals surface area contributed by atoms with Crippen LogP contribution in [0.25, 0.3) is 11.0 Å². The first-order chi connectivity index (χ1) is 13.1. The number of benzene rings is 2. The highest BCUT2D eigenvalue weighted by molar-refractivity contribution is 5.99. The van der Waals surface area contributed by atoms with Gasteiger partial charge < -0.3 is 14.1 Å². The van der Waals surface area contributed by atoms with Gasteiger partial charge in [0, 0.05) is 41.7 Å². The second kappa shape index (κ2) is 7.07. The van der Waals surface area contributed by atoms with Crippen LogP contribution in [0.2, 0.25) is 0 Å². The summed E-state index contributed by atoms with van der Waals surface area (Å²) in [7, 11) is 0. The topological polar surface area (TPSA) is 76.8 Å². The number of hydrogen-bond donors (Lipinski definition) is 0. The third kappa shape index (κ3) is 3.60. The Kier molecular flexibility index (Phi) is 4.46. The Morgan fingerprint density at radius 3 is 2.56 bits per heavy atom. The van der Waals surface area contributed by atoms with Crippen molar-refractivity contribution in [3.05, 3.63) is 70.6 Å². The number of nitrogens with zero attached hydrogens (tertiary/aromatic N) is 1. The van der Waals surface area contributed by atoms with Crippen LogP contribution < -0.4 is 15.3 Å². The van der Waals surface area contributed by atoms with Crippen LogP contribution in [0.1, 0.15) is 23.2 Å². The Labute approximate surface area is 155 Å². The average Bonchev–Trinajstić information content (AvgIpc) is 3.11. The second-order valence-corrected chi connectivity index (χ2v) is 6.36. The number of ether oxygens (including phenoxy) is 1. The highest BCUT2D eigenvalue weighted by Crippen LogP contribution is 2.22. The first kappa shape index (κ1) is 17.0. The van der Waals surface area contributed by atoms with E-state index in [1.807, 2.05) is 0 Å². The van der Waals surface area contributed by atoms with Crippen LogP contribution in [0.15, 0.2) is 63.8 Å². The van der Waals surface area contributed by atoms with Gasteiger partial charge in [-0.1, -0.05) is 0 Å². The molecule has 6 nitrogen and oxygen atoms in total. The largest absolute Gasteiger partial charge is 0.485 e. The fraction of sp³-hybridized carbons (Fsp3) is 0.190. The standard InChI is InChI=1S/C21H17NO5/c23-18(14-3-7-16(8-4-14)22-11-1-2-20(22)24)13-26-17-9-5-15-6-10-21(25)27-19(15)12-17/h3-10,12H,1-2,11,13H2. The molecule has 0 unspecified atom stereocenters. The lowest BCUT2D eigenvalue weighted by atomic mass is 10.1. The summed E-state index contributed by atoms with van der Waals surface area (Å²) < 4.78 is 10.7. The van der Waals surface area contributed by atoms with E-state index in [4.69, 9.17) is 9.15 Å². The molecule has 6 heteroatoms. The zero-order valence-electron chi connectivity index (χ0n) is 14.5. The van der Waals surface area contributed by atoms with Gasteiger partial charge in [-0.25, -0.2) is 4.79 Å². The number of hydrogen-bond acceptors (Lipinski definition) is 5. The third-order valence-corrected chi connectivity index (χ3v) is 4.54. The van der Waals surface area contributed by atoms with Crippen molar-refractivity contribution in [3.8, 4) is 5.75 Å². The van der Waals surface area contributed by atoms with Gasteiger partial charge in [-0.05, 0) is 48.9 Å². The van der Waals surface area contributed by atoms with Crippen LogP contribution in [-0.2, 0) is 4.79 Å². The number of rotatable bonds is 5. The van der Waals surface area contributed by atoms with E-state index >= 15 is 0 Å². The summed E-state index contributed by atoms with van der Waals surface area (Å²) in [4.78, 5) is 37.2. The lowest BCUT2D eigenvalue weighted by Crippen LogP contribution is -2.23. The van der Waals surface area contributed by atoms with Gasteiger partial charge >= 0.3 is 5.63 Å². The normalized spacial score (nSPS) is 13.9. The van der Waals surface area contributed by atoms with Crippen molar-refractivity contribution in [2.24, 2.45) is 0 Å². The van der Waals surface area contributed by atoms with Gasteiger partial charge in [-0.15, -0.1) is 0 Å². The van der Waals surface area contributed by atoms with Crippen LogP contribution in [0.3, 0.4) is 0 Å². The van der Waals surface area contributed by atoms with Crippen LogP contribution in [-0.4, -0.2) is 24.8 Å². The first-order valence-corrected chi connectivity index (χ1v) is 8.70. The zero-order chi connectivity index (χ0) is 18.8. The summed E-state index contributed by atoms with van der Waals surface area (Å²) in [5.74, 6) is 0.383. The fourth-order valence-electron chi connectivity index (χ4n) is 3.11. The predicted molar refractivity (Wildman–Crippen MR) is 100 cm³/mol. The van der Waals surface area contributed by atoms with E-state index in [0.717, 1.165) is 17.5 Å². The number of carbonyl (C=O) groups is 2. The third-order valence-electron chi connectivity index (χ3n) is 4.54. The smallest absolute Gasteiger partial charge is 0.336 e. The fourth-order valence-corrected chi connectivity index (χ4v) is 3.11. The molecule has 1 saturated heterocycles. The van der Waals surface area contributed by atoms with Crippen molar-refractivity contribution in [1.29, 1.82) is 0 Å². The van der Waals surface area contributed by atoms with Gasteiger partial charge in [0.1, 0.15) is 11.3 Å². The van der Waals surface area contributed by atoms with E-state index in [1.54, 1.807) is 53.4 Å². The van der Waals surface area contributed by atoms with E-state index in [2.05, 4.69) is 0 Å². The van der Waals surface area contributed by atoms with Crippen molar-refractivity contribution in [2.75, 3.05) is 18.1 Å². The summed E-state index contributed by atoms with van der Waals surface area (Å²) in [6.45, 7) is 0.581. The maximum atomic E-state index is 12.4. The summed E-state index contributed by atoms with van der Waals surface area (Å²) in [5, 5.41) is 0.778. The molecule has 0 saturated carbocycles. The van der Waals surface area contributed by atoms with Gasteiger partial charge in [-0.3, -0.25) is 9.59 Å². The Morgan fingerprint density at radius 1 is 1.04 bits per heavy atom. The molecule has 136 valence electrons. The van der Waals surface area contributed by atoms with Gasteiger partial charge in [0.2, 0.25) is 5.91 Å². The zero-order valence-corrected chi connectivity index (χ0v) is 14.5. The number of fused-ring (bicyclic) bond motifs is 1. The van der Waals surface area contributed by atoms with Gasteiger partial charge in [0.05, 0.1) is 0 Å². The predicted octanol–water partition coefficient (Wildman–Crippen LogP) is 3.18. The van der Waals surface area contributed by atoms with Crippen molar-refractivity contribution in [3.63, 3.8) is 0 Å². The maximum Gasteiger partial charge on any atom is 0.336 e. The van der Waals surface area contributed by atoms with E-state index in [9.17, 15) is 14.4 Å². The molecule has 0 aliphatic carbocycles. The number of ketones is 1.